The molecule has 0 fully saturated rings. The van der Waals surface area contributed by atoms with Crippen LogP contribution in [0.25, 0.3) is 0 Å². The van der Waals surface area contributed by atoms with Gasteiger partial charge in [-0.15, -0.1) is 0 Å². The second-order valence-corrected chi connectivity index (χ2v) is 20.7. The maximum atomic E-state index is 12.6. The molecule has 4 atom stereocenters. The fourth-order valence-corrected chi connectivity index (χ4v) is 9.70. The van der Waals surface area contributed by atoms with Gasteiger partial charge in [0, 0.05) is 0 Å². The highest BCUT2D eigenvalue weighted by Gasteiger charge is 2.28. The Balaban J connectivity index is 3.45. The molecule has 0 rings (SSSR count). The Morgan fingerprint density at radius 2 is 0.531 bits per heavy atom. The van der Waals surface area contributed by atoms with E-state index in [9.17, 15) is 25.2 Å². The van der Waals surface area contributed by atoms with Crippen LogP contribution in [0.5, 0.6) is 0 Å². The van der Waals surface area contributed by atoms with E-state index < -0.39 is 36.9 Å². The Labute approximate surface area is 400 Å². The van der Waals surface area contributed by atoms with Crippen molar-refractivity contribution in [3.05, 3.63) is 0 Å². The summed E-state index contributed by atoms with van der Waals surface area (Å²) < 4.78 is 0. The van der Waals surface area contributed by atoms with Crippen molar-refractivity contribution in [2.24, 2.45) is 0 Å². The molecule has 0 bridgehead atoms. The van der Waals surface area contributed by atoms with Crippen LogP contribution >= 0.6 is 0 Å². The van der Waals surface area contributed by atoms with Crippen molar-refractivity contribution in [1.29, 1.82) is 0 Å². The van der Waals surface area contributed by atoms with Gasteiger partial charge in [0.25, 0.3) is 0 Å². The lowest BCUT2D eigenvalue weighted by Gasteiger charge is -2.27. The largest absolute Gasteiger partial charge is 0.394 e. The molecule has 5 N–H and O–H groups in total. The Bertz CT molecular complexity index is 887. The van der Waals surface area contributed by atoms with Gasteiger partial charge < -0.3 is 25.7 Å². The number of carbonyl (C=O) groups is 1. The summed E-state index contributed by atoms with van der Waals surface area (Å²) in [5.41, 5.74) is 0. The van der Waals surface area contributed by atoms with E-state index in [1.807, 2.05) is 0 Å². The van der Waals surface area contributed by atoms with Crippen LogP contribution in [0.15, 0.2) is 0 Å². The van der Waals surface area contributed by atoms with Crippen molar-refractivity contribution in [2.75, 3.05) is 6.61 Å². The highest BCUT2D eigenvalue weighted by molar-refractivity contribution is 5.80. The molecule has 6 nitrogen and oxygen atoms in total. The average molecular weight is 909 g/mol. The fourth-order valence-electron chi connectivity index (χ4n) is 9.70. The third kappa shape index (κ3) is 46.4. The van der Waals surface area contributed by atoms with Crippen LogP contribution in [-0.4, -0.2) is 57.3 Å². The molecule has 1 amide bonds. The summed E-state index contributed by atoms with van der Waals surface area (Å²) in [7, 11) is 0. The summed E-state index contributed by atoms with van der Waals surface area (Å²) in [5, 5.41) is 43.8. The predicted octanol–water partition coefficient (Wildman–Crippen LogP) is 17.1. The zero-order chi connectivity index (χ0) is 46.7. The summed E-state index contributed by atoms with van der Waals surface area (Å²) in [6.07, 6.45) is 62.1. The molecule has 0 aliphatic carbocycles. The minimum absolute atomic E-state index is 0.376. The molecule has 0 aromatic carbocycles. The van der Waals surface area contributed by atoms with Crippen LogP contribution in [-0.2, 0) is 4.79 Å². The number of unbranched alkanes of at least 4 members (excludes halogenated alkanes) is 46. The minimum Gasteiger partial charge on any atom is -0.394 e. The lowest BCUT2D eigenvalue weighted by molar-refractivity contribution is -0.132. The molecule has 4 unspecified atom stereocenters. The number of nitrogens with one attached hydrogen (secondary N) is 1. The summed E-state index contributed by atoms with van der Waals surface area (Å²) >= 11 is 0. The van der Waals surface area contributed by atoms with Crippen molar-refractivity contribution >= 4 is 5.91 Å². The minimum atomic E-state index is -1.25. The first-order valence-electron chi connectivity index (χ1n) is 29.4. The molecule has 0 saturated carbocycles. The topological polar surface area (TPSA) is 110 Å². The van der Waals surface area contributed by atoms with E-state index >= 15 is 0 Å². The van der Waals surface area contributed by atoms with Crippen LogP contribution in [0.4, 0.5) is 0 Å². The Kier molecular flexibility index (Phi) is 52.7. The second kappa shape index (κ2) is 53.3. The molecule has 6 heteroatoms. The third-order valence-electron chi connectivity index (χ3n) is 14.3. The zero-order valence-corrected chi connectivity index (χ0v) is 43.6. The van der Waals surface area contributed by atoms with E-state index in [2.05, 4.69) is 19.2 Å². The molecular weight excluding hydrogens is 791 g/mol. The first-order valence-corrected chi connectivity index (χ1v) is 29.4. The van der Waals surface area contributed by atoms with Gasteiger partial charge in [0.2, 0.25) is 5.91 Å². The van der Waals surface area contributed by atoms with Gasteiger partial charge in [0.05, 0.1) is 18.8 Å². The molecule has 0 aromatic rings. The maximum absolute atomic E-state index is 12.6. The Hall–Kier alpha value is -0.690. The van der Waals surface area contributed by atoms with E-state index in [0.29, 0.717) is 12.8 Å². The van der Waals surface area contributed by atoms with Gasteiger partial charge in [-0.1, -0.05) is 322 Å². The van der Waals surface area contributed by atoms with E-state index in [1.165, 1.54) is 270 Å². The normalized spacial score (nSPS) is 13.7. The van der Waals surface area contributed by atoms with E-state index in [4.69, 9.17) is 0 Å². The Morgan fingerprint density at radius 3 is 0.750 bits per heavy atom. The van der Waals surface area contributed by atoms with Gasteiger partial charge in [0.15, 0.2) is 0 Å². The third-order valence-corrected chi connectivity index (χ3v) is 14.3. The van der Waals surface area contributed by atoms with Crippen molar-refractivity contribution in [2.45, 2.75) is 359 Å². The lowest BCUT2D eigenvalue weighted by atomic mass is 9.99. The average Bonchev–Trinajstić information content (AvgIpc) is 3.30. The number of carbonyl (C=O) groups excluding carboxylic acids is 1. The van der Waals surface area contributed by atoms with E-state index in [1.54, 1.807) is 0 Å². The molecule has 64 heavy (non-hydrogen) atoms. The fraction of sp³-hybridized carbons (Fsp3) is 0.983. The molecule has 0 aliphatic rings. The number of amides is 1. The second-order valence-electron chi connectivity index (χ2n) is 20.7. The van der Waals surface area contributed by atoms with Crippen LogP contribution in [0.3, 0.4) is 0 Å². The first-order chi connectivity index (χ1) is 31.5. The monoisotopic (exact) mass is 908 g/mol. The smallest absolute Gasteiger partial charge is 0.249 e. The van der Waals surface area contributed by atoms with Gasteiger partial charge >= 0.3 is 0 Å². The Morgan fingerprint density at radius 1 is 0.328 bits per heavy atom. The SMILES string of the molecule is CCCCCCCCCCCCCCCCCCCCCCCCCCCCCCCCCCCCCCC(O)C(=O)NC(CO)C(O)C(O)CCCCCCCCCCCCCC. The van der Waals surface area contributed by atoms with E-state index in [0.717, 1.165) is 38.5 Å². The molecule has 0 aromatic heterocycles. The summed E-state index contributed by atoms with van der Waals surface area (Å²) in [5.74, 6) is -0.577. The molecule has 0 heterocycles. The number of rotatable bonds is 55. The molecule has 0 radical (unpaired) electrons. The predicted molar refractivity (Wildman–Crippen MR) is 279 cm³/mol. The highest BCUT2D eigenvalue weighted by atomic mass is 16.3. The van der Waals surface area contributed by atoms with Crippen molar-refractivity contribution in [3.8, 4) is 0 Å². The molecule has 0 aliphatic heterocycles. The molecular formula is C58H117NO5. The number of aliphatic hydroxyl groups excluding tert-OH is 4. The van der Waals surface area contributed by atoms with Gasteiger partial charge in [-0.05, 0) is 12.8 Å². The number of hydrogen-bond acceptors (Lipinski definition) is 5. The highest BCUT2D eigenvalue weighted by Crippen LogP contribution is 2.19. The lowest BCUT2D eigenvalue weighted by Crippen LogP contribution is -2.53. The van der Waals surface area contributed by atoms with Crippen LogP contribution in [0.1, 0.15) is 335 Å². The molecule has 384 valence electrons. The summed E-state index contributed by atoms with van der Waals surface area (Å²) in [6, 6.07) is -0.979. The van der Waals surface area contributed by atoms with Gasteiger partial charge in [0.1, 0.15) is 12.2 Å². The van der Waals surface area contributed by atoms with Crippen molar-refractivity contribution < 1.29 is 25.2 Å². The van der Waals surface area contributed by atoms with Gasteiger partial charge in [-0.2, -0.15) is 0 Å². The van der Waals surface area contributed by atoms with Crippen LogP contribution < -0.4 is 5.32 Å². The quantitative estimate of drug-likeness (QED) is 0.0391. The van der Waals surface area contributed by atoms with Crippen molar-refractivity contribution in [1.82, 2.24) is 5.32 Å². The summed E-state index contributed by atoms with van der Waals surface area (Å²) in [4.78, 5) is 12.6. The van der Waals surface area contributed by atoms with Gasteiger partial charge in [-0.3, -0.25) is 4.79 Å². The van der Waals surface area contributed by atoms with E-state index in [-0.39, 0.29) is 0 Å². The molecule has 0 spiro atoms. The molecule has 0 saturated heterocycles. The van der Waals surface area contributed by atoms with Crippen LogP contribution in [0, 0.1) is 0 Å². The van der Waals surface area contributed by atoms with Crippen LogP contribution in [0.2, 0.25) is 0 Å². The zero-order valence-electron chi connectivity index (χ0n) is 43.6. The van der Waals surface area contributed by atoms with Crippen molar-refractivity contribution in [3.63, 3.8) is 0 Å². The van der Waals surface area contributed by atoms with Gasteiger partial charge in [-0.25, -0.2) is 0 Å². The first kappa shape index (κ1) is 63.3. The summed E-state index contributed by atoms with van der Waals surface area (Å²) in [6.45, 7) is 4.08. The maximum Gasteiger partial charge on any atom is 0.249 e. The number of hydrogen-bond donors (Lipinski definition) is 5. The number of aliphatic hydroxyl groups is 4. The standard InChI is InChI=1S/C58H117NO5/c1-3-5-7-9-11-13-15-17-18-19-20-21-22-23-24-25-26-27-28-29-30-31-32-33-34-35-36-37-38-39-40-42-44-46-48-50-52-56(62)58(64)59-54(53-60)57(63)55(61)51-49-47-45-43-41-16-14-12-10-8-6-4-2/h54-57,60-63H,3-53H2,1-2H3,(H,59,64).